The standard InChI is InChI=1S/C12H23N/c1-7-9(3)12(8-2)10(4)11(5)13-6/h13H,7-8H2,1-6H3/b11-10+,12-9+. The van der Waals surface area contributed by atoms with Crippen molar-refractivity contribution in [1.29, 1.82) is 0 Å². The quantitative estimate of drug-likeness (QED) is 0.653. The summed E-state index contributed by atoms with van der Waals surface area (Å²) in [6.07, 6.45) is 2.28. The summed E-state index contributed by atoms with van der Waals surface area (Å²) in [6.45, 7) is 11.0. The van der Waals surface area contributed by atoms with Gasteiger partial charge in [0.1, 0.15) is 0 Å². The molecule has 0 aliphatic rings. The third kappa shape index (κ3) is 3.25. The van der Waals surface area contributed by atoms with Gasteiger partial charge in [0, 0.05) is 12.7 Å². The number of hydrogen-bond donors (Lipinski definition) is 1. The maximum absolute atomic E-state index is 3.20. The summed E-state index contributed by atoms with van der Waals surface area (Å²) in [4.78, 5) is 0. The molecule has 0 unspecified atom stereocenters. The molecule has 1 N–H and O–H groups in total. The van der Waals surface area contributed by atoms with Gasteiger partial charge in [0.2, 0.25) is 0 Å². The third-order valence-electron chi connectivity index (χ3n) is 2.79. The molecule has 0 atom stereocenters. The van der Waals surface area contributed by atoms with E-state index in [0.29, 0.717) is 0 Å². The van der Waals surface area contributed by atoms with Crippen molar-refractivity contribution in [2.75, 3.05) is 7.05 Å². The van der Waals surface area contributed by atoms with Gasteiger partial charge < -0.3 is 5.32 Å². The third-order valence-corrected chi connectivity index (χ3v) is 2.79. The Morgan fingerprint density at radius 3 is 1.85 bits per heavy atom. The molecule has 0 rings (SSSR count). The predicted octanol–water partition coefficient (Wildman–Crippen LogP) is 3.64. The molecule has 0 aliphatic heterocycles. The number of allylic oxidation sites excluding steroid dienone is 4. The van der Waals surface area contributed by atoms with Crippen LogP contribution in [0.5, 0.6) is 0 Å². The summed E-state index contributed by atoms with van der Waals surface area (Å²) >= 11 is 0. The van der Waals surface area contributed by atoms with Crippen LogP contribution in [0.3, 0.4) is 0 Å². The molecule has 0 radical (unpaired) electrons. The second-order valence-electron chi connectivity index (χ2n) is 3.47. The summed E-state index contributed by atoms with van der Waals surface area (Å²) in [5.41, 5.74) is 5.71. The Hall–Kier alpha value is -0.720. The van der Waals surface area contributed by atoms with Crippen molar-refractivity contribution in [3.05, 3.63) is 22.4 Å². The summed E-state index contributed by atoms with van der Waals surface area (Å²) < 4.78 is 0. The molecule has 0 bridgehead atoms. The minimum Gasteiger partial charge on any atom is -0.391 e. The van der Waals surface area contributed by atoms with Gasteiger partial charge in [0.15, 0.2) is 0 Å². The van der Waals surface area contributed by atoms with Crippen LogP contribution in [0.15, 0.2) is 22.4 Å². The first kappa shape index (κ1) is 12.3. The van der Waals surface area contributed by atoms with Gasteiger partial charge in [-0.15, -0.1) is 0 Å². The van der Waals surface area contributed by atoms with Crippen LogP contribution >= 0.6 is 0 Å². The number of nitrogens with one attached hydrogen (secondary N) is 1. The molecule has 0 saturated carbocycles. The summed E-state index contributed by atoms with van der Waals surface area (Å²) in [7, 11) is 1.98. The smallest absolute Gasteiger partial charge is 0.0105 e. The van der Waals surface area contributed by atoms with E-state index in [1.54, 1.807) is 0 Å². The summed E-state index contributed by atoms with van der Waals surface area (Å²) in [6, 6.07) is 0. The van der Waals surface area contributed by atoms with E-state index in [-0.39, 0.29) is 0 Å². The van der Waals surface area contributed by atoms with Crippen molar-refractivity contribution in [2.24, 2.45) is 0 Å². The van der Waals surface area contributed by atoms with Gasteiger partial charge in [0.05, 0.1) is 0 Å². The van der Waals surface area contributed by atoms with Gasteiger partial charge in [0.25, 0.3) is 0 Å². The van der Waals surface area contributed by atoms with Gasteiger partial charge in [-0.3, -0.25) is 0 Å². The molecule has 0 aliphatic carbocycles. The lowest BCUT2D eigenvalue weighted by atomic mass is 9.97. The van der Waals surface area contributed by atoms with Crippen molar-refractivity contribution < 1.29 is 0 Å². The Morgan fingerprint density at radius 1 is 1.00 bits per heavy atom. The van der Waals surface area contributed by atoms with Crippen LogP contribution in [0.2, 0.25) is 0 Å². The fraction of sp³-hybridized carbons (Fsp3) is 0.667. The number of rotatable bonds is 4. The molecule has 0 aromatic heterocycles. The first-order valence-corrected chi connectivity index (χ1v) is 5.12. The molecule has 1 nitrogen and oxygen atoms in total. The largest absolute Gasteiger partial charge is 0.391 e. The SMILES string of the molecule is CC/C(C)=C(CC)/C(C)=C(\C)NC. The average molecular weight is 181 g/mol. The Kier molecular flexibility index (Phi) is 5.52. The molecule has 76 valence electrons. The predicted molar refractivity (Wildman–Crippen MR) is 60.7 cm³/mol. The topological polar surface area (TPSA) is 12.0 Å². The summed E-state index contributed by atoms with van der Waals surface area (Å²) in [5, 5.41) is 3.20. The normalized spacial score (nSPS) is 14.9. The fourth-order valence-corrected chi connectivity index (χ4v) is 1.51. The van der Waals surface area contributed by atoms with Crippen molar-refractivity contribution in [1.82, 2.24) is 5.32 Å². The van der Waals surface area contributed by atoms with Crippen LogP contribution < -0.4 is 5.32 Å². The molecule has 0 saturated heterocycles. The highest BCUT2D eigenvalue weighted by Crippen LogP contribution is 2.21. The van der Waals surface area contributed by atoms with E-state index < -0.39 is 0 Å². The Balaban J connectivity index is 5.00. The van der Waals surface area contributed by atoms with Crippen LogP contribution in [0.25, 0.3) is 0 Å². The van der Waals surface area contributed by atoms with E-state index >= 15 is 0 Å². The van der Waals surface area contributed by atoms with Crippen molar-refractivity contribution >= 4 is 0 Å². The molecule has 0 aromatic rings. The Morgan fingerprint density at radius 2 is 1.54 bits per heavy atom. The van der Waals surface area contributed by atoms with Crippen LogP contribution in [-0.4, -0.2) is 7.05 Å². The lowest BCUT2D eigenvalue weighted by Crippen LogP contribution is -2.06. The monoisotopic (exact) mass is 181 g/mol. The molecule has 1 heteroatoms. The van der Waals surface area contributed by atoms with E-state index in [0.717, 1.165) is 12.8 Å². The molecule has 13 heavy (non-hydrogen) atoms. The van der Waals surface area contributed by atoms with Gasteiger partial charge in [-0.25, -0.2) is 0 Å². The van der Waals surface area contributed by atoms with Crippen LogP contribution in [0, 0.1) is 0 Å². The van der Waals surface area contributed by atoms with Gasteiger partial charge in [-0.1, -0.05) is 19.4 Å². The molecule has 0 aromatic carbocycles. The zero-order valence-electron chi connectivity index (χ0n) is 9.91. The van der Waals surface area contributed by atoms with Crippen LogP contribution in [0.1, 0.15) is 47.5 Å². The van der Waals surface area contributed by atoms with Gasteiger partial charge in [-0.05, 0) is 44.8 Å². The zero-order valence-corrected chi connectivity index (χ0v) is 9.91. The molecular formula is C12H23N. The molecule has 0 fully saturated rings. The van der Waals surface area contributed by atoms with E-state index in [9.17, 15) is 0 Å². The first-order valence-electron chi connectivity index (χ1n) is 5.12. The van der Waals surface area contributed by atoms with Crippen molar-refractivity contribution in [2.45, 2.75) is 47.5 Å². The minimum absolute atomic E-state index is 1.13. The van der Waals surface area contributed by atoms with E-state index in [4.69, 9.17) is 0 Å². The minimum atomic E-state index is 1.13. The van der Waals surface area contributed by atoms with Crippen molar-refractivity contribution in [3.8, 4) is 0 Å². The molecule has 0 heterocycles. The Labute approximate surface area is 82.9 Å². The second kappa shape index (κ2) is 5.85. The lowest BCUT2D eigenvalue weighted by molar-refractivity contribution is 0.924. The van der Waals surface area contributed by atoms with Gasteiger partial charge in [-0.2, -0.15) is 0 Å². The average Bonchev–Trinajstić information content (AvgIpc) is 2.17. The second-order valence-corrected chi connectivity index (χ2v) is 3.47. The highest BCUT2D eigenvalue weighted by atomic mass is 14.8. The maximum atomic E-state index is 3.20. The first-order chi connectivity index (χ1) is 6.08. The van der Waals surface area contributed by atoms with Gasteiger partial charge >= 0.3 is 0 Å². The Bertz CT molecular complexity index is 221. The fourth-order valence-electron chi connectivity index (χ4n) is 1.51. The lowest BCUT2D eigenvalue weighted by Gasteiger charge is -2.13. The van der Waals surface area contributed by atoms with Crippen LogP contribution in [0.4, 0.5) is 0 Å². The van der Waals surface area contributed by atoms with E-state index in [2.05, 4.69) is 39.9 Å². The van der Waals surface area contributed by atoms with Crippen molar-refractivity contribution in [3.63, 3.8) is 0 Å². The van der Waals surface area contributed by atoms with Crippen LogP contribution in [-0.2, 0) is 0 Å². The highest BCUT2D eigenvalue weighted by molar-refractivity contribution is 5.35. The van der Waals surface area contributed by atoms with E-state index in [1.165, 1.54) is 22.4 Å². The maximum Gasteiger partial charge on any atom is 0.0105 e. The molecule has 0 spiro atoms. The zero-order chi connectivity index (χ0) is 10.4. The highest BCUT2D eigenvalue weighted by Gasteiger charge is 2.03. The number of hydrogen-bond acceptors (Lipinski definition) is 1. The molecule has 0 amide bonds. The summed E-state index contributed by atoms with van der Waals surface area (Å²) in [5.74, 6) is 0. The molecular weight excluding hydrogens is 158 g/mol. The van der Waals surface area contributed by atoms with E-state index in [1.807, 2.05) is 7.05 Å².